The van der Waals surface area contributed by atoms with Gasteiger partial charge < -0.3 is 0 Å². The summed E-state index contributed by atoms with van der Waals surface area (Å²) >= 11 is 0. The Hall–Kier alpha value is -1.44. The summed E-state index contributed by atoms with van der Waals surface area (Å²) in [5.41, 5.74) is 3.03. The molecule has 1 aromatic heterocycles. The van der Waals surface area contributed by atoms with E-state index < -0.39 is 0 Å². The molecular formula is C13H17NO. The van der Waals surface area contributed by atoms with Crippen LogP contribution in [0.25, 0.3) is 6.08 Å². The maximum Gasteiger partial charge on any atom is 0.133 e. The summed E-state index contributed by atoms with van der Waals surface area (Å²) in [6.45, 7) is 7.58. The topological polar surface area (TPSA) is 30.0 Å². The molecule has 0 N–H and O–H groups in total. The summed E-state index contributed by atoms with van der Waals surface area (Å²) in [5, 5.41) is 0. The van der Waals surface area contributed by atoms with E-state index in [0.717, 1.165) is 23.4 Å². The van der Waals surface area contributed by atoms with E-state index in [4.69, 9.17) is 0 Å². The Labute approximate surface area is 91.0 Å². The number of nitrogens with zero attached hydrogens (tertiary/aromatic N) is 1. The van der Waals surface area contributed by atoms with Crippen molar-refractivity contribution in [2.75, 3.05) is 0 Å². The van der Waals surface area contributed by atoms with Gasteiger partial charge in [0.1, 0.15) is 5.78 Å². The van der Waals surface area contributed by atoms with E-state index in [2.05, 4.69) is 11.6 Å². The third-order valence-corrected chi connectivity index (χ3v) is 2.32. The van der Waals surface area contributed by atoms with Gasteiger partial charge in [-0.15, -0.1) is 0 Å². The Kier molecular flexibility index (Phi) is 4.22. The lowest BCUT2D eigenvalue weighted by molar-refractivity contribution is -0.118. The molecule has 2 heteroatoms. The number of aryl methyl sites for hydroxylation is 2. The summed E-state index contributed by atoms with van der Waals surface area (Å²) in [6.07, 6.45) is 3.73. The zero-order valence-electron chi connectivity index (χ0n) is 9.42. The quantitative estimate of drug-likeness (QED) is 0.736. The Morgan fingerprint density at radius 3 is 2.87 bits per heavy atom. The van der Waals surface area contributed by atoms with E-state index in [1.54, 1.807) is 6.08 Å². The lowest BCUT2D eigenvalue weighted by atomic mass is 10.1. The van der Waals surface area contributed by atoms with E-state index in [0.29, 0.717) is 18.6 Å². The molecule has 0 bridgehead atoms. The number of aromatic nitrogens is 1. The van der Waals surface area contributed by atoms with Gasteiger partial charge in [0.05, 0.1) is 0 Å². The third-order valence-electron chi connectivity index (χ3n) is 2.32. The second-order valence-electron chi connectivity index (χ2n) is 3.63. The molecule has 0 amide bonds. The van der Waals surface area contributed by atoms with Crippen LogP contribution in [0.4, 0.5) is 0 Å². The van der Waals surface area contributed by atoms with Crippen LogP contribution in [0.1, 0.15) is 36.7 Å². The highest BCUT2D eigenvalue weighted by Gasteiger charge is 2.02. The molecule has 0 unspecified atom stereocenters. The molecular weight excluding hydrogens is 186 g/mol. The second kappa shape index (κ2) is 5.44. The summed E-state index contributed by atoms with van der Waals surface area (Å²) in [6, 6.07) is 3.97. The van der Waals surface area contributed by atoms with Crippen molar-refractivity contribution in [3.8, 4) is 0 Å². The maximum atomic E-state index is 11.2. The molecule has 80 valence electrons. The number of rotatable bonds is 5. The first-order valence-corrected chi connectivity index (χ1v) is 5.27. The van der Waals surface area contributed by atoms with E-state index in [-0.39, 0.29) is 0 Å². The van der Waals surface area contributed by atoms with Crippen LogP contribution in [0.5, 0.6) is 0 Å². The van der Waals surface area contributed by atoms with Gasteiger partial charge in [-0.1, -0.05) is 19.6 Å². The highest BCUT2D eigenvalue weighted by atomic mass is 16.1. The predicted molar refractivity (Wildman–Crippen MR) is 62.7 cm³/mol. The Morgan fingerprint density at radius 1 is 1.53 bits per heavy atom. The minimum atomic E-state index is 0.290. The molecule has 0 atom stereocenters. The number of carbonyl (C=O) groups excluding carboxylic acids is 1. The fourth-order valence-corrected chi connectivity index (χ4v) is 1.46. The molecule has 0 radical (unpaired) electrons. The number of pyridine rings is 1. The number of hydrogen-bond acceptors (Lipinski definition) is 2. The lowest BCUT2D eigenvalue weighted by Crippen LogP contribution is -2.00. The minimum Gasteiger partial charge on any atom is -0.300 e. The normalized spacial score (nSPS) is 10.0. The van der Waals surface area contributed by atoms with Crippen LogP contribution in [0, 0.1) is 6.92 Å². The smallest absolute Gasteiger partial charge is 0.133 e. The predicted octanol–water partition coefficient (Wildman–Crippen LogP) is 2.94. The van der Waals surface area contributed by atoms with Gasteiger partial charge in [-0.3, -0.25) is 9.78 Å². The molecule has 0 saturated heterocycles. The van der Waals surface area contributed by atoms with Gasteiger partial charge in [-0.25, -0.2) is 0 Å². The Balaban J connectivity index is 2.72. The van der Waals surface area contributed by atoms with Crippen molar-refractivity contribution in [2.24, 2.45) is 0 Å². The average Bonchev–Trinajstić information content (AvgIpc) is 2.25. The van der Waals surface area contributed by atoms with E-state index >= 15 is 0 Å². The summed E-state index contributed by atoms with van der Waals surface area (Å²) < 4.78 is 0. The van der Waals surface area contributed by atoms with Crippen LogP contribution >= 0.6 is 0 Å². The van der Waals surface area contributed by atoms with E-state index in [1.807, 2.05) is 26.0 Å². The van der Waals surface area contributed by atoms with Crippen molar-refractivity contribution < 1.29 is 4.79 Å². The van der Waals surface area contributed by atoms with Crippen molar-refractivity contribution in [2.45, 2.75) is 33.1 Å². The standard InChI is InChI=1S/C13H17NO/c1-4-11-8-10(3)14-12(9-11)6-7-13(15)5-2/h4,8-9H,1,5-7H2,2-3H3. The Morgan fingerprint density at radius 2 is 2.27 bits per heavy atom. The minimum absolute atomic E-state index is 0.290. The van der Waals surface area contributed by atoms with Gasteiger partial charge in [0.25, 0.3) is 0 Å². The van der Waals surface area contributed by atoms with Gasteiger partial charge in [0, 0.05) is 24.2 Å². The molecule has 0 saturated carbocycles. The summed E-state index contributed by atoms with van der Waals surface area (Å²) in [7, 11) is 0. The fourth-order valence-electron chi connectivity index (χ4n) is 1.46. The van der Waals surface area contributed by atoms with Crippen molar-refractivity contribution in [3.05, 3.63) is 35.7 Å². The van der Waals surface area contributed by atoms with Gasteiger partial charge in [0.2, 0.25) is 0 Å². The van der Waals surface area contributed by atoms with Crippen molar-refractivity contribution in [1.29, 1.82) is 0 Å². The fraction of sp³-hybridized carbons (Fsp3) is 0.385. The number of ketones is 1. The molecule has 0 aliphatic carbocycles. The van der Waals surface area contributed by atoms with E-state index in [1.165, 1.54) is 0 Å². The molecule has 15 heavy (non-hydrogen) atoms. The largest absolute Gasteiger partial charge is 0.300 e. The average molecular weight is 203 g/mol. The molecule has 1 heterocycles. The zero-order chi connectivity index (χ0) is 11.3. The van der Waals surface area contributed by atoms with Crippen LogP contribution in [-0.2, 0) is 11.2 Å². The molecule has 1 rings (SSSR count). The van der Waals surface area contributed by atoms with Crippen molar-refractivity contribution in [3.63, 3.8) is 0 Å². The SMILES string of the molecule is C=Cc1cc(C)nc(CCC(=O)CC)c1. The summed E-state index contributed by atoms with van der Waals surface area (Å²) in [4.78, 5) is 15.6. The monoisotopic (exact) mass is 203 g/mol. The van der Waals surface area contributed by atoms with Crippen molar-refractivity contribution in [1.82, 2.24) is 4.98 Å². The molecule has 0 aromatic carbocycles. The van der Waals surface area contributed by atoms with Crippen LogP contribution in [-0.4, -0.2) is 10.8 Å². The van der Waals surface area contributed by atoms with Crippen LogP contribution in [0.2, 0.25) is 0 Å². The molecule has 2 nitrogen and oxygen atoms in total. The second-order valence-corrected chi connectivity index (χ2v) is 3.63. The summed E-state index contributed by atoms with van der Waals surface area (Å²) in [5.74, 6) is 0.290. The molecule has 0 aliphatic heterocycles. The van der Waals surface area contributed by atoms with E-state index in [9.17, 15) is 4.79 Å². The first kappa shape index (κ1) is 11.6. The third kappa shape index (κ3) is 3.66. The van der Waals surface area contributed by atoms with Crippen LogP contribution < -0.4 is 0 Å². The van der Waals surface area contributed by atoms with Gasteiger partial charge >= 0.3 is 0 Å². The highest BCUT2D eigenvalue weighted by molar-refractivity contribution is 5.78. The molecule has 1 aromatic rings. The maximum absolute atomic E-state index is 11.2. The molecule has 0 aliphatic rings. The number of hydrogen-bond donors (Lipinski definition) is 0. The van der Waals surface area contributed by atoms with Crippen LogP contribution in [0.3, 0.4) is 0 Å². The van der Waals surface area contributed by atoms with Gasteiger partial charge in [-0.05, 0) is 31.0 Å². The van der Waals surface area contributed by atoms with Gasteiger partial charge in [-0.2, -0.15) is 0 Å². The van der Waals surface area contributed by atoms with Gasteiger partial charge in [0.15, 0.2) is 0 Å². The first-order valence-electron chi connectivity index (χ1n) is 5.27. The van der Waals surface area contributed by atoms with Crippen LogP contribution in [0.15, 0.2) is 18.7 Å². The van der Waals surface area contributed by atoms with Crippen molar-refractivity contribution >= 4 is 11.9 Å². The molecule has 0 spiro atoms. The molecule has 0 fully saturated rings. The first-order chi connectivity index (χ1) is 7.15. The number of carbonyl (C=O) groups is 1. The highest BCUT2D eigenvalue weighted by Crippen LogP contribution is 2.09. The Bertz CT molecular complexity index is 369. The zero-order valence-corrected chi connectivity index (χ0v) is 9.42. The number of Topliss-reactive ketones (excluding diaryl/α,β-unsaturated/α-hetero) is 1. The lowest BCUT2D eigenvalue weighted by Gasteiger charge is -2.03.